The number of ether oxygens (including phenoxy) is 1. The van der Waals surface area contributed by atoms with Crippen molar-refractivity contribution in [2.75, 3.05) is 23.7 Å². The third-order valence-corrected chi connectivity index (χ3v) is 4.66. The Balaban J connectivity index is 1.94. The van der Waals surface area contributed by atoms with Gasteiger partial charge in [0, 0.05) is 19.2 Å². The number of nitrogen functional groups attached to an aromatic ring is 1. The van der Waals surface area contributed by atoms with Gasteiger partial charge in [0.25, 0.3) is 0 Å². The van der Waals surface area contributed by atoms with Crippen molar-refractivity contribution in [3.8, 4) is 17.0 Å². The van der Waals surface area contributed by atoms with Crippen molar-refractivity contribution in [2.45, 2.75) is 19.4 Å². The monoisotopic (exact) mass is 291 g/mol. The second kappa shape index (κ2) is 4.34. The van der Waals surface area contributed by atoms with Gasteiger partial charge in [-0.1, -0.05) is 11.3 Å². The van der Waals surface area contributed by atoms with E-state index in [9.17, 15) is 4.39 Å². The van der Waals surface area contributed by atoms with Crippen molar-refractivity contribution in [1.82, 2.24) is 4.98 Å². The molecule has 0 spiro atoms. The van der Waals surface area contributed by atoms with Gasteiger partial charge in [0.1, 0.15) is 18.2 Å². The summed E-state index contributed by atoms with van der Waals surface area (Å²) >= 11 is 1.44. The first-order chi connectivity index (χ1) is 9.72. The van der Waals surface area contributed by atoms with Crippen molar-refractivity contribution in [1.29, 1.82) is 0 Å². The Morgan fingerprint density at radius 3 is 2.90 bits per heavy atom. The summed E-state index contributed by atoms with van der Waals surface area (Å²) in [5.41, 5.74) is 8.44. The largest absolute Gasteiger partial charge is 0.487 e. The number of thiazole rings is 1. The van der Waals surface area contributed by atoms with Crippen LogP contribution in [0.2, 0.25) is 0 Å². The van der Waals surface area contributed by atoms with Crippen LogP contribution in [0.1, 0.15) is 17.7 Å². The zero-order valence-corrected chi connectivity index (χ0v) is 11.7. The summed E-state index contributed by atoms with van der Waals surface area (Å²) in [5.74, 6) is 0.307. The average Bonchev–Trinajstić information content (AvgIpc) is 3.04. The normalized spacial score (nSPS) is 16.8. The molecule has 0 radical (unpaired) electrons. The summed E-state index contributed by atoms with van der Waals surface area (Å²) in [7, 11) is 0. The minimum atomic E-state index is -0.266. The van der Waals surface area contributed by atoms with Crippen LogP contribution in [0.25, 0.3) is 11.3 Å². The number of nitrogens with zero attached hydrogens (tertiary/aromatic N) is 2. The van der Waals surface area contributed by atoms with Gasteiger partial charge < -0.3 is 15.4 Å². The molecule has 104 valence electrons. The zero-order valence-electron chi connectivity index (χ0n) is 10.9. The average molecular weight is 291 g/mol. The van der Waals surface area contributed by atoms with E-state index in [1.165, 1.54) is 17.4 Å². The van der Waals surface area contributed by atoms with E-state index in [1.807, 2.05) is 0 Å². The van der Waals surface area contributed by atoms with Gasteiger partial charge in [0.05, 0.1) is 21.8 Å². The molecule has 1 aromatic heterocycles. The van der Waals surface area contributed by atoms with Gasteiger partial charge in [0.15, 0.2) is 5.13 Å². The molecule has 1 fully saturated rings. The Morgan fingerprint density at radius 2 is 2.10 bits per heavy atom. The second-order valence-corrected chi connectivity index (χ2v) is 6.22. The van der Waals surface area contributed by atoms with E-state index in [0.29, 0.717) is 17.5 Å². The summed E-state index contributed by atoms with van der Waals surface area (Å²) in [6.07, 6.45) is 2.27. The van der Waals surface area contributed by atoms with Gasteiger partial charge in [-0.25, -0.2) is 9.37 Å². The highest BCUT2D eigenvalue weighted by Crippen LogP contribution is 2.46. The van der Waals surface area contributed by atoms with Crippen molar-refractivity contribution in [3.63, 3.8) is 0 Å². The summed E-state index contributed by atoms with van der Waals surface area (Å²) in [5, 5.41) is 0.531. The van der Waals surface area contributed by atoms with Crippen LogP contribution in [0.15, 0.2) is 12.1 Å². The molecule has 0 amide bonds. The predicted molar refractivity (Wildman–Crippen MR) is 77.7 cm³/mol. The van der Waals surface area contributed by atoms with Crippen molar-refractivity contribution >= 4 is 22.2 Å². The van der Waals surface area contributed by atoms with E-state index in [1.54, 1.807) is 6.07 Å². The van der Waals surface area contributed by atoms with E-state index >= 15 is 0 Å². The summed E-state index contributed by atoms with van der Waals surface area (Å²) < 4.78 is 19.5. The second-order valence-electron chi connectivity index (χ2n) is 5.10. The number of rotatable bonds is 1. The summed E-state index contributed by atoms with van der Waals surface area (Å²) in [6, 6.07) is 3.02. The van der Waals surface area contributed by atoms with E-state index in [2.05, 4.69) is 9.88 Å². The van der Waals surface area contributed by atoms with Gasteiger partial charge in [-0.15, -0.1) is 0 Å². The fourth-order valence-corrected chi connectivity index (χ4v) is 3.69. The molecule has 20 heavy (non-hydrogen) atoms. The van der Waals surface area contributed by atoms with Crippen LogP contribution in [0.4, 0.5) is 15.2 Å². The lowest BCUT2D eigenvalue weighted by atomic mass is 10.0. The molecule has 1 saturated heterocycles. The van der Waals surface area contributed by atoms with Crippen molar-refractivity contribution < 1.29 is 9.13 Å². The Bertz CT molecular complexity index is 679. The molecule has 1 aromatic carbocycles. The van der Waals surface area contributed by atoms with Gasteiger partial charge in [-0.3, -0.25) is 0 Å². The quantitative estimate of drug-likeness (QED) is 0.877. The number of aromatic nitrogens is 1. The minimum Gasteiger partial charge on any atom is -0.487 e. The number of nitrogens with two attached hydrogens (primary N) is 1. The third kappa shape index (κ3) is 1.75. The molecule has 0 bridgehead atoms. The van der Waals surface area contributed by atoms with Crippen LogP contribution in [0, 0.1) is 5.82 Å². The molecule has 0 aliphatic carbocycles. The van der Waals surface area contributed by atoms with E-state index in [0.717, 1.165) is 47.8 Å². The molecule has 0 saturated carbocycles. The number of halogens is 1. The lowest BCUT2D eigenvalue weighted by molar-refractivity contribution is 0.304. The highest BCUT2D eigenvalue weighted by atomic mass is 32.1. The molecule has 2 aromatic rings. The third-order valence-electron chi connectivity index (χ3n) is 3.80. The lowest BCUT2D eigenvalue weighted by Gasteiger charge is -2.25. The molecular weight excluding hydrogens is 277 g/mol. The van der Waals surface area contributed by atoms with E-state index in [-0.39, 0.29) is 5.82 Å². The molecule has 0 unspecified atom stereocenters. The Kier molecular flexibility index (Phi) is 2.60. The van der Waals surface area contributed by atoms with Crippen LogP contribution in [0.3, 0.4) is 0 Å². The molecule has 0 atom stereocenters. The molecule has 4 nitrogen and oxygen atoms in total. The van der Waals surface area contributed by atoms with Crippen LogP contribution >= 0.6 is 11.3 Å². The first-order valence-corrected chi connectivity index (χ1v) is 7.51. The van der Waals surface area contributed by atoms with E-state index < -0.39 is 0 Å². The number of hydrogen-bond acceptors (Lipinski definition) is 5. The minimum absolute atomic E-state index is 0.266. The maximum Gasteiger partial charge on any atom is 0.180 e. The fraction of sp³-hybridized carbons (Fsp3) is 0.357. The Hall–Kier alpha value is -1.82. The maximum absolute atomic E-state index is 13.8. The molecule has 2 aliphatic rings. The Morgan fingerprint density at radius 1 is 1.30 bits per heavy atom. The van der Waals surface area contributed by atoms with Crippen LogP contribution in [-0.4, -0.2) is 18.1 Å². The summed E-state index contributed by atoms with van der Waals surface area (Å²) in [4.78, 5) is 7.64. The zero-order chi connectivity index (χ0) is 13.7. The van der Waals surface area contributed by atoms with Gasteiger partial charge in [0.2, 0.25) is 0 Å². The van der Waals surface area contributed by atoms with Crippen LogP contribution in [0.5, 0.6) is 5.75 Å². The highest BCUT2D eigenvalue weighted by Gasteiger charge is 2.28. The standard InChI is InChI=1S/C14H14FN3OS/c15-8-5-9(18-3-1-2-4-18)12-10(6-8)19-7-11-13(12)17-14(16)20-11/h5-6H,1-4,7H2,(H2,16,17). The molecule has 2 N–H and O–H groups in total. The van der Waals surface area contributed by atoms with E-state index in [4.69, 9.17) is 10.5 Å². The van der Waals surface area contributed by atoms with Gasteiger partial charge in [-0.2, -0.15) is 0 Å². The molecule has 4 rings (SSSR count). The highest BCUT2D eigenvalue weighted by molar-refractivity contribution is 7.15. The fourth-order valence-electron chi connectivity index (χ4n) is 2.93. The number of anilines is 2. The first kappa shape index (κ1) is 12.0. The van der Waals surface area contributed by atoms with Crippen LogP contribution < -0.4 is 15.4 Å². The molecular formula is C14H14FN3OS. The lowest BCUT2D eigenvalue weighted by Crippen LogP contribution is -2.20. The first-order valence-electron chi connectivity index (χ1n) is 6.69. The summed E-state index contributed by atoms with van der Waals surface area (Å²) in [6.45, 7) is 2.32. The van der Waals surface area contributed by atoms with Crippen molar-refractivity contribution in [2.24, 2.45) is 0 Å². The van der Waals surface area contributed by atoms with Crippen molar-refractivity contribution in [3.05, 3.63) is 22.8 Å². The van der Waals surface area contributed by atoms with Crippen LogP contribution in [-0.2, 0) is 6.61 Å². The molecule has 2 aliphatic heterocycles. The predicted octanol–water partition coefficient (Wildman–Crippen LogP) is 3.02. The topological polar surface area (TPSA) is 51.4 Å². The SMILES string of the molecule is Nc1nc2c(s1)COc1cc(F)cc(N3CCCC3)c1-2. The number of benzene rings is 1. The van der Waals surface area contributed by atoms with Gasteiger partial charge >= 0.3 is 0 Å². The van der Waals surface area contributed by atoms with Gasteiger partial charge in [-0.05, 0) is 18.9 Å². The Labute approximate surface area is 120 Å². The number of fused-ring (bicyclic) bond motifs is 3. The molecule has 6 heteroatoms. The molecule has 3 heterocycles. The maximum atomic E-state index is 13.8. The number of hydrogen-bond donors (Lipinski definition) is 1. The smallest absolute Gasteiger partial charge is 0.180 e.